The number of piperazine rings is 1. The highest BCUT2D eigenvalue weighted by atomic mass is 16.5. The van der Waals surface area contributed by atoms with Crippen molar-refractivity contribution in [2.24, 2.45) is 11.0 Å². The molecule has 0 aromatic heterocycles. The first-order chi connectivity index (χ1) is 25.2. The number of phenolic OH excluding ortho intramolecular Hbond substituents is 1. The Morgan fingerprint density at radius 3 is 2.48 bits per heavy atom. The number of nitrogens with zero attached hydrogens (tertiary/aromatic N) is 6. The topological polar surface area (TPSA) is 138 Å². The van der Waals surface area contributed by atoms with Crippen molar-refractivity contribution in [1.29, 1.82) is 0 Å². The Hall–Kier alpha value is -5.95. The Bertz CT molecular complexity index is 1930. The molecule has 2 N–H and O–H groups in total. The maximum atomic E-state index is 14.5. The zero-order valence-corrected chi connectivity index (χ0v) is 29.0. The van der Waals surface area contributed by atoms with Crippen LogP contribution in [0, 0.1) is 5.92 Å². The number of ether oxygens (including phenoxy) is 1. The van der Waals surface area contributed by atoms with Crippen LogP contribution >= 0.6 is 0 Å². The fourth-order valence-electron chi connectivity index (χ4n) is 7.47. The van der Waals surface area contributed by atoms with Gasteiger partial charge in [0.1, 0.15) is 18.0 Å². The summed E-state index contributed by atoms with van der Waals surface area (Å²) in [5.41, 5.74) is 3.93. The maximum absolute atomic E-state index is 14.5. The van der Waals surface area contributed by atoms with Crippen molar-refractivity contribution in [3.8, 4) is 5.75 Å². The van der Waals surface area contributed by atoms with Gasteiger partial charge in [-0.2, -0.15) is 5.10 Å². The number of hydrazine groups is 1. The number of carbonyl (C=O) groups is 4. The van der Waals surface area contributed by atoms with Crippen LogP contribution in [0.1, 0.15) is 27.0 Å². The quantitative estimate of drug-likeness (QED) is 0.325. The molecule has 13 nitrogen and oxygen atoms in total. The first-order valence-electron chi connectivity index (χ1n) is 17.3. The standard InChI is InChI=1S/C39H41N7O6/c1-42-25-36(48)45-34(19-26-15-17-30(47)18-16-26)37(49)43(24-35(45)46(42)39(51)40-20-27-9-4-3-5-10-27)22-28-12-8-14-33-32(28)21-41-44(33)23-29-11-6-7-13-31(29)38(50)52-2/h3-18,21,32-35,47H,19-20,22-25H2,1-2H3,(H,40,51)/t32?,33?,34-,35-/m0/s1. The number of fused-ring (bicyclic) bond motifs is 2. The van der Waals surface area contributed by atoms with Crippen molar-refractivity contribution in [1.82, 2.24) is 30.1 Å². The predicted molar refractivity (Wildman–Crippen MR) is 192 cm³/mol. The molecule has 4 aliphatic rings. The number of urea groups is 1. The number of carbonyl (C=O) groups excluding carboxylic acids is 4. The van der Waals surface area contributed by atoms with Crippen molar-refractivity contribution in [2.45, 2.75) is 37.8 Å². The number of benzene rings is 3. The molecular weight excluding hydrogens is 662 g/mol. The fourth-order valence-corrected chi connectivity index (χ4v) is 7.47. The second kappa shape index (κ2) is 14.7. The van der Waals surface area contributed by atoms with Crippen LogP contribution in [0.2, 0.25) is 0 Å². The Morgan fingerprint density at radius 1 is 0.962 bits per heavy atom. The first kappa shape index (κ1) is 34.5. The molecule has 268 valence electrons. The normalized spacial score (nSPS) is 22.6. The van der Waals surface area contributed by atoms with E-state index in [1.165, 1.54) is 7.11 Å². The average Bonchev–Trinajstić information content (AvgIpc) is 3.56. The van der Waals surface area contributed by atoms with Crippen LogP contribution < -0.4 is 5.32 Å². The van der Waals surface area contributed by atoms with Crippen molar-refractivity contribution in [2.75, 3.05) is 33.8 Å². The molecule has 3 aliphatic heterocycles. The van der Waals surface area contributed by atoms with Crippen LogP contribution in [-0.4, -0.2) is 112 Å². The summed E-state index contributed by atoms with van der Waals surface area (Å²) in [6.07, 6.45) is 7.33. The molecule has 0 saturated carbocycles. The molecule has 2 unspecified atom stereocenters. The van der Waals surface area contributed by atoms with Crippen LogP contribution in [0.4, 0.5) is 4.79 Å². The summed E-state index contributed by atoms with van der Waals surface area (Å²) < 4.78 is 4.99. The molecule has 0 bridgehead atoms. The average molecular weight is 704 g/mol. The lowest BCUT2D eigenvalue weighted by atomic mass is 9.87. The molecule has 2 saturated heterocycles. The summed E-state index contributed by atoms with van der Waals surface area (Å²) in [7, 11) is 3.06. The fraction of sp³-hybridized carbons (Fsp3) is 0.308. The number of esters is 1. The van der Waals surface area contributed by atoms with Gasteiger partial charge in [0.2, 0.25) is 11.8 Å². The van der Waals surface area contributed by atoms with Gasteiger partial charge in [-0.3, -0.25) is 14.6 Å². The van der Waals surface area contributed by atoms with E-state index >= 15 is 0 Å². The molecule has 1 aliphatic carbocycles. The second-order valence-corrected chi connectivity index (χ2v) is 13.3. The molecule has 52 heavy (non-hydrogen) atoms. The van der Waals surface area contributed by atoms with Crippen molar-refractivity contribution in [3.63, 3.8) is 0 Å². The summed E-state index contributed by atoms with van der Waals surface area (Å²) in [5, 5.41) is 22.7. The number of hydrogen-bond acceptors (Lipinski definition) is 9. The molecule has 13 heteroatoms. The molecule has 2 fully saturated rings. The van der Waals surface area contributed by atoms with E-state index in [1.54, 1.807) is 63.3 Å². The van der Waals surface area contributed by atoms with Crippen LogP contribution in [0.15, 0.2) is 108 Å². The Morgan fingerprint density at radius 2 is 1.71 bits per heavy atom. The number of rotatable bonds is 9. The maximum Gasteiger partial charge on any atom is 0.338 e. The number of hydrazone groups is 1. The largest absolute Gasteiger partial charge is 0.508 e. The molecule has 3 heterocycles. The molecular formula is C39H41N7O6. The molecule has 4 atom stereocenters. The van der Waals surface area contributed by atoms with Gasteiger partial charge in [0, 0.05) is 38.7 Å². The van der Waals surface area contributed by atoms with Gasteiger partial charge in [-0.15, -0.1) is 0 Å². The minimum atomic E-state index is -0.881. The van der Waals surface area contributed by atoms with E-state index < -0.39 is 18.2 Å². The second-order valence-electron chi connectivity index (χ2n) is 13.3. The lowest BCUT2D eigenvalue weighted by Gasteiger charge is -2.54. The molecule has 3 aromatic rings. The molecule has 7 rings (SSSR count). The molecule has 0 radical (unpaired) electrons. The van der Waals surface area contributed by atoms with Crippen LogP contribution in [0.3, 0.4) is 0 Å². The van der Waals surface area contributed by atoms with Gasteiger partial charge in [-0.05, 0) is 40.5 Å². The summed E-state index contributed by atoms with van der Waals surface area (Å²) in [4.78, 5) is 57.9. The van der Waals surface area contributed by atoms with Crippen LogP contribution in [0.5, 0.6) is 5.75 Å². The monoisotopic (exact) mass is 703 g/mol. The highest BCUT2D eigenvalue weighted by molar-refractivity contribution is 5.92. The van der Waals surface area contributed by atoms with Gasteiger partial charge in [0.15, 0.2) is 0 Å². The van der Waals surface area contributed by atoms with Crippen molar-refractivity contribution in [3.05, 3.63) is 125 Å². The van der Waals surface area contributed by atoms with Gasteiger partial charge in [0.25, 0.3) is 0 Å². The lowest BCUT2D eigenvalue weighted by molar-refractivity contribution is -0.186. The number of nitrogens with one attached hydrogen (secondary N) is 1. The Kier molecular flexibility index (Phi) is 9.77. The van der Waals surface area contributed by atoms with Crippen LogP contribution in [-0.2, 0) is 33.8 Å². The predicted octanol–water partition coefficient (Wildman–Crippen LogP) is 3.14. The Labute approximate surface area is 302 Å². The summed E-state index contributed by atoms with van der Waals surface area (Å²) >= 11 is 0. The van der Waals surface area contributed by atoms with E-state index in [0.717, 1.165) is 22.3 Å². The van der Waals surface area contributed by atoms with Crippen molar-refractivity contribution >= 4 is 30.0 Å². The van der Waals surface area contributed by atoms with Crippen LogP contribution in [0.25, 0.3) is 0 Å². The zero-order valence-electron chi connectivity index (χ0n) is 29.0. The third kappa shape index (κ3) is 6.87. The van der Waals surface area contributed by atoms with E-state index in [-0.39, 0.29) is 61.6 Å². The first-order valence-corrected chi connectivity index (χ1v) is 17.3. The number of allylic oxidation sites excluding steroid dienone is 2. The molecule has 0 spiro atoms. The SMILES string of the molecule is COC(=O)c1ccccc1CN1N=CC2C(CN3C[C@H]4N(C(=O)CN(C)N4C(=O)NCc4ccccc4)[C@@H](Cc4ccc(O)cc4)C3=O)=CC=CC21. The molecule has 3 aromatic carbocycles. The van der Waals surface area contributed by atoms with E-state index in [0.29, 0.717) is 18.7 Å². The van der Waals surface area contributed by atoms with Gasteiger partial charge >= 0.3 is 12.0 Å². The summed E-state index contributed by atoms with van der Waals surface area (Å²) in [5.74, 6) is -0.926. The number of aromatic hydroxyl groups is 1. The highest BCUT2D eigenvalue weighted by Gasteiger charge is 2.51. The molecule has 4 amide bonds. The van der Waals surface area contributed by atoms with Gasteiger partial charge in [-0.25, -0.2) is 19.6 Å². The van der Waals surface area contributed by atoms with Gasteiger partial charge < -0.3 is 25.0 Å². The lowest BCUT2D eigenvalue weighted by Crippen LogP contribution is -2.76. The zero-order chi connectivity index (χ0) is 36.4. The summed E-state index contributed by atoms with van der Waals surface area (Å²) in [6.45, 7) is 0.977. The van der Waals surface area contributed by atoms with E-state index in [1.807, 2.05) is 65.8 Å². The number of phenols is 1. The van der Waals surface area contributed by atoms with Gasteiger partial charge in [-0.1, -0.05) is 78.9 Å². The number of amides is 4. The third-order valence-electron chi connectivity index (χ3n) is 10.1. The number of methoxy groups -OCH3 is 1. The minimum Gasteiger partial charge on any atom is -0.508 e. The van der Waals surface area contributed by atoms with E-state index in [9.17, 15) is 24.3 Å². The van der Waals surface area contributed by atoms with Crippen molar-refractivity contribution < 1.29 is 29.0 Å². The Balaban J connectivity index is 1.14. The third-order valence-corrected chi connectivity index (χ3v) is 10.1. The minimum absolute atomic E-state index is 0.0697. The smallest absolute Gasteiger partial charge is 0.338 e. The number of likely N-dealkylation sites (N-methyl/N-ethyl adjacent to an activating group) is 1. The highest BCUT2D eigenvalue weighted by Crippen LogP contribution is 2.34. The van der Waals surface area contributed by atoms with E-state index in [4.69, 9.17) is 9.84 Å². The number of hydrogen-bond donors (Lipinski definition) is 2. The van der Waals surface area contributed by atoms with Gasteiger partial charge in [0.05, 0.1) is 38.3 Å². The summed E-state index contributed by atoms with van der Waals surface area (Å²) in [6, 6.07) is 22.1. The van der Waals surface area contributed by atoms with E-state index in [2.05, 4.69) is 11.4 Å².